The zero-order valence-electron chi connectivity index (χ0n) is 8.18. The minimum atomic E-state index is -0.478. The average Bonchev–Trinajstić information content (AvgIpc) is 2.16. The first-order chi connectivity index (χ1) is 6.57. The summed E-state index contributed by atoms with van der Waals surface area (Å²) >= 11 is 11.8. The first kappa shape index (κ1) is 11.5. The highest BCUT2D eigenvalue weighted by Gasteiger charge is 2.19. The second-order valence-corrected chi connectivity index (χ2v) is 4.11. The molecule has 0 heterocycles. The van der Waals surface area contributed by atoms with Gasteiger partial charge in [-0.1, -0.05) is 30.7 Å². The molecule has 1 aromatic carbocycles. The quantitative estimate of drug-likeness (QED) is 0.570. The SMILES string of the molecule is CCC(Cl)C(=O)c1c(C)cccc1Cl. The van der Waals surface area contributed by atoms with Crippen molar-refractivity contribution in [2.45, 2.75) is 25.6 Å². The van der Waals surface area contributed by atoms with Gasteiger partial charge in [-0.3, -0.25) is 4.79 Å². The number of hydrogen-bond acceptors (Lipinski definition) is 1. The van der Waals surface area contributed by atoms with E-state index in [4.69, 9.17) is 23.2 Å². The third-order valence-electron chi connectivity index (χ3n) is 2.11. The summed E-state index contributed by atoms with van der Waals surface area (Å²) in [6.07, 6.45) is 0.616. The highest BCUT2D eigenvalue weighted by Crippen LogP contribution is 2.23. The molecule has 1 rings (SSSR count). The van der Waals surface area contributed by atoms with Gasteiger partial charge in [-0.15, -0.1) is 11.6 Å². The maximum absolute atomic E-state index is 11.8. The Kier molecular flexibility index (Phi) is 3.97. The maximum atomic E-state index is 11.8. The summed E-state index contributed by atoms with van der Waals surface area (Å²) in [6, 6.07) is 5.39. The van der Waals surface area contributed by atoms with Gasteiger partial charge in [0.1, 0.15) is 0 Å². The normalized spacial score (nSPS) is 12.6. The van der Waals surface area contributed by atoms with E-state index >= 15 is 0 Å². The molecule has 0 N–H and O–H groups in total. The van der Waals surface area contributed by atoms with E-state index in [9.17, 15) is 4.79 Å². The van der Waals surface area contributed by atoms with Gasteiger partial charge in [0.05, 0.1) is 10.4 Å². The van der Waals surface area contributed by atoms with Crippen LogP contribution >= 0.6 is 23.2 Å². The Labute approximate surface area is 94.0 Å². The number of hydrogen-bond donors (Lipinski definition) is 0. The predicted octanol–water partition coefficient (Wildman–Crippen LogP) is 3.85. The van der Waals surface area contributed by atoms with Gasteiger partial charge < -0.3 is 0 Å². The van der Waals surface area contributed by atoms with E-state index in [1.165, 1.54) is 0 Å². The van der Waals surface area contributed by atoms with Crippen LogP contribution in [0, 0.1) is 6.92 Å². The number of alkyl halides is 1. The lowest BCUT2D eigenvalue weighted by molar-refractivity contribution is 0.0985. The number of carbonyl (C=O) groups is 1. The highest BCUT2D eigenvalue weighted by atomic mass is 35.5. The Balaban J connectivity index is 3.12. The molecule has 0 aliphatic heterocycles. The molecule has 0 aliphatic rings. The largest absolute Gasteiger partial charge is 0.292 e. The Morgan fingerprint density at radius 1 is 1.50 bits per heavy atom. The minimum Gasteiger partial charge on any atom is -0.292 e. The van der Waals surface area contributed by atoms with Gasteiger partial charge in [0.2, 0.25) is 0 Å². The first-order valence-electron chi connectivity index (χ1n) is 4.51. The summed E-state index contributed by atoms with van der Waals surface area (Å²) in [5, 5.41) is 0.00250. The molecule has 0 fully saturated rings. The fourth-order valence-corrected chi connectivity index (χ4v) is 1.71. The Bertz CT molecular complexity index is 327. The zero-order valence-corrected chi connectivity index (χ0v) is 9.69. The molecule has 0 radical (unpaired) electrons. The van der Waals surface area contributed by atoms with Crippen molar-refractivity contribution in [2.75, 3.05) is 0 Å². The van der Waals surface area contributed by atoms with Gasteiger partial charge in [0, 0.05) is 5.56 Å². The number of halogens is 2. The van der Waals surface area contributed by atoms with Crippen molar-refractivity contribution in [3.05, 3.63) is 34.3 Å². The van der Waals surface area contributed by atoms with Gasteiger partial charge in [0.25, 0.3) is 0 Å². The highest BCUT2D eigenvalue weighted by molar-refractivity contribution is 6.39. The van der Waals surface area contributed by atoms with E-state index in [2.05, 4.69) is 0 Å². The van der Waals surface area contributed by atoms with Gasteiger partial charge in [0.15, 0.2) is 5.78 Å². The van der Waals surface area contributed by atoms with Crippen molar-refractivity contribution in [2.24, 2.45) is 0 Å². The second-order valence-electron chi connectivity index (χ2n) is 3.17. The van der Waals surface area contributed by atoms with Crippen molar-refractivity contribution in [3.63, 3.8) is 0 Å². The molecule has 1 nitrogen and oxygen atoms in total. The molecule has 0 saturated heterocycles. The Hall–Kier alpha value is -0.530. The molecule has 0 amide bonds. The van der Waals surface area contributed by atoms with Crippen molar-refractivity contribution in [1.82, 2.24) is 0 Å². The molecule has 1 aromatic rings. The fourth-order valence-electron chi connectivity index (χ4n) is 1.29. The monoisotopic (exact) mass is 230 g/mol. The Morgan fingerprint density at radius 2 is 2.14 bits per heavy atom. The molecule has 3 heteroatoms. The van der Waals surface area contributed by atoms with E-state index in [-0.39, 0.29) is 5.78 Å². The van der Waals surface area contributed by atoms with Crippen molar-refractivity contribution in [3.8, 4) is 0 Å². The number of ketones is 1. The molecule has 76 valence electrons. The average molecular weight is 231 g/mol. The summed E-state index contributed by atoms with van der Waals surface area (Å²) in [4.78, 5) is 11.8. The van der Waals surface area contributed by atoms with Gasteiger partial charge >= 0.3 is 0 Å². The smallest absolute Gasteiger partial charge is 0.182 e. The van der Waals surface area contributed by atoms with Crippen molar-refractivity contribution >= 4 is 29.0 Å². The first-order valence-corrected chi connectivity index (χ1v) is 5.32. The molecule has 0 spiro atoms. The zero-order chi connectivity index (χ0) is 10.7. The third kappa shape index (κ3) is 2.28. The molecule has 14 heavy (non-hydrogen) atoms. The lowest BCUT2D eigenvalue weighted by Gasteiger charge is -2.09. The summed E-state index contributed by atoms with van der Waals surface area (Å²) in [5.74, 6) is -0.0859. The lowest BCUT2D eigenvalue weighted by atomic mass is 10.0. The summed E-state index contributed by atoms with van der Waals surface area (Å²) in [7, 11) is 0. The molecule has 0 bridgehead atoms. The van der Waals surface area contributed by atoms with Crippen LogP contribution in [-0.2, 0) is 0 Å². The van der Waals surface area contributed by atoms with Crippen LogP contribution in [0.2, 0.25) is 5.02 Å². The predicted molar refractivity (Wildman–Crippen MR) is 60.5 cm³/mol. The number of carbonyl (C=O) groups excluding carboxylic acids is 1. The minimum absolute atomic E-state index is 0.0859. The van der Waals surface area contributed by atoms with Crippen LogP contribution in [0.3, 0.4) is 0 Å². The van der Waals surface area contributed by atoms with E-state index in [1.807, 2.05) is 26.0 Å². The van der Waals surface area contributed by atoms with Crippen LogP contribution < -0.4 is 0 Å². The van der Waals surface area contributed by atoms with E-state index in [0.29, 0.717) is 17.0 Å². The molecule has 1 atom stereocenters. The van der Waals surface area contributed by atoms with E-state index in [0.717, 1.165) is 5.56 Å². The van der Waals surface area contributed by atoms with Crippen LogP contribution in [0.5, 0.6) is 0 Å². The number of Topliss-reactive ketones (excluding diaryl/α,β-unsaturated/α-hetero) is 1. The summed E-state index contributed by atoms with van der Waals surface area (Å²) in [5.41, 5.74) is 1.43. The van der Waals surface area contributed by atoms with Crippen LogP contribution in [-0.4, -0.2) is 11.2 Å². The Morgan fingerprint density at radius 3 is 2.64 bits per heavy atom. The topological polar surface area (TPSA) is 17.1 Å². The number of rotatable bonds is 3. The van der Waals surface area contributed by atoms with E-state index in [1.54, 1.807) is 6.07 Å². The van der Waals surface area contributed by atoms with Crippen LogP contribution in [0.25, 0.3) is 0 Å². The van der Waals surface area contributed by atoms with Crippen LogP contribution in [0.4, 0.5) is 0 Å². The van der Waals surface area contributed by atoms with Crippen LogP contribution in [0.1, 0.15) is 29.3 Å². The molecule has 0 saturated carbocycles. The molecule has 0 aliphatic carbocycles. The lowest BCUT2D eigenvalue weighted by Crippen LogP contribution is -2.15. The standard InChI is InChI=1S/C11H12Cl2O/c1-3-8(12)11(14)10-7(2)5-4-6-9(10)13/h4-6,8H,3H2,1-2H3. The van der Waals surface area contributed by atoms with Gasteiger partial charge in [-0.2, -0.15) is 0 Å². The van der Waals surface area contributed by atoms with Crippen molar-refractivity contribution in [1.29, 1.82) is 0 Å². The molecular formula is C11H12Cl2O. The summed E-state index contributed by atoms with van der Waals surface area (Å²) in [6.45, 7) is 3.74. The third-order valence-corrected chi connectivity index (χ3v) is 2.93. The molecule has 0 aromatic heterocycles. The summed E-state index contributed by atoms with van der Waals surface area (Å²) < 4.78 is 0. The van der Waals surface area contributed by atoms with Crippen LogP contribution in [0.15, 0.2) is 18.2 Å². The van der Waals surface area contributed by atoms with Gasteiger partial charge in [-0.25, -0.2) is 0 Å². The molecule has 1 unspecified atom stereocenters. The fraction of sp³-hybridized carbons (Fsp3) is 0.364. The molecular weight excluding hydrogens is 219 g/mol. The van der Waals surface area contributed by atoms with Gasteiger partial charge in [-0.05, 0) is 25.0 Å². The maximum Gasteiger partial charge on any atom is 0.182 e. The van der Waals surface area contributed by atoms with E-state index < -0.39 is 5.38 Å². The second kappa shape index (κ2) is 4.81. The number of aryl methyl sites for hydroxylation is 1. The van der Waals surface area contributed by atoms with Crippen molar-refractivity contribution < 1.29 is 4.79 Å². The number of benzene rings is 1.